The van der Waals surface area contributed by atoms with Crippen molar-refractivity contribution >= 4 is 25.7 Å². The summed E-state index contributed by atoms with van der Waals surface area (Å²) in [5.41, 5.74) is 0.999. The highest BCUT2D eigenvalue weighted by Gasteiger charge is 2.19. The minimum absolute atomic E-state index is 0.163. The average Bonchev–Trinajstić information content (AvgIpc) is 2.73. The van der Waals surface area contributed by atoms with E-state index in [9.17, 15) is 21.2 Å². The number of hydrogen-bond acceptors (Lipinski definition) is 5. The van der Waals surface area contributed by atoms with E-state index >= 15 is 0 Å². The molecule has 0 aliphatic heterocycles. The Morgan fingerprint density at radius 2 is 1.47 bits per heavy atom. The molecule has 0 fully saturated rings. The fraction of sp³-hybridized carbons (Fsp3) is 0.100. The highest BCUT2D eigenvalue weighted by atomic mass is 32.2. The maximum absolute atomic E-state index is 13.0. The second-order valence-corrected chi connectivity index (χ2v) is 9.80. The van der Waals surface area contributed by atoms with Gasteiger partial charge < -0.3 is 4.74 Å². The Morgan fingerprint density at radius 1 is 0.833 bits per heavy atom. The molecule has 0 saturated carbocycles. The third-order valence-electron chi connectivity index (χ3n) is 4.10. The number of sulfonamides is 2. The molecule has 0 bridgehead atoms. The molecule has 30 heavy (non-hydrogen) atoms. The summed E-state index contributed by atoms with van der Waals surface area (Å²) in [6.07, 6.45) is 0. The first-order chi connectivity index (χ1) is 14.2. The van der Waals surface area contributed by atoms with Gasteiger partial charge in [-0.1, -0.05) is 24.3 Å². The summed E-state index contributed by atoms with van der Waals surface area (Å²) in [6.45, 7) is 0.181. The normalized spacial score (nSPS) is 11.8. The zero-order valence-corrected chi connectivity index (χ0v) is 17.5. The summed E-state index contributed by atoms with van der Waals surface area (Å²) in [5, 5.41) is 0. The molecule has 0 radical (unpaired) electrons. The van der Waals surface area contributed by atoms with E-state index in [0.29, 0.717) is 5.75 Å². The molecular weight excluding hydrogens is 431 g/mol. The van der Waals surface area contributed by atoms with E-state index in [-0.39, 0.29) is 27.9 Å². The fourth-order valence-corrected chi connectivity index (χ4v) is 4.48. The monoisotopic (exact) mass is 450 g/mol. The van der Waals surface area contributed by atoms with Crippen LogP contribution >= 0.6 is 0 Å². The van der Waals surface area contributed by atoms with Crippen LogP contribution in [-0.4, -0.2) is 23.9 Å². The van der Waals surface area contributed by atoms with Gasteiger partial charge in [-0.15, -0.1) is 0 Å². The maximum atomic E-state index is 13.0. The third-order valence-corrected chi connectivity index (χ3v) is 6.89. The molecule has 0 spiro atoms. The lowest BCUT2D eigenvalue weighted by Gasteiger charge is -2.11. The van der Waals surface area contributed by atoms with E-state index in [1.807, 2.05) is 0 Å². The lowest BCUT2D eigenvalue weighted by molar-refractivity contribution is 0.306. The summed E-state index contributed by atoms with van der Waals surface area (Å²) < 4.78 is 72.4. The molecule has 0 aliphatic carbocycles. The van der Waals surface area contributed by atoms with Gasteiger partial charge in [0.05, 0.1) is 15.5 Å². The van der Waals surface area contributed by atoms with Gasteiger partial charge in [0, 0.05) is 6.07 Å². The molecule has 3 rings (SSSR count). The topological polar surface area (TPSA) is 102 Å². The third kappa shape index (κ3) is 5.35. The van der Waals surface area contributed by atoms with Crippen molar-refractivity contribution in [2.24, 2.45) is 0 Å². The van der Waals surface area contributed by atoms with Crippen LogP contribution in [0.5, 0.6) is 5.75 Å². The number of rotatable bonds is 8. The molecule has 3 aromatic carbocycles. The minimum Gasteiger partial charge on any atom is -0.489 e. The zero-order valence-electron chi connectivity index (χ0n) is 15.9. The van der Waals surface area contributed by atoms with Crippen LogP contribution in [0, 0.1) is 5.82 Å². The Hall–Kier alpha value is -2.95. The van der Waals surface area contributed by atoms with Crippen molar-refractivity contribution in [3.8, 4) is 5.75 Å². The molecule has 0 unspecified atom stereocenters. The smallest absolute Gasteiger partial charge is 0.261 e. The lowest BCUT2D eigenvalue weighted by atomic mass is 10.2. The fourth-order valence-electron chi connectivity index (χ4n) is 2.54. The first kappa shape index (κ1) is 21.8. The second kappa shape index (κ2) is 8.82. The number of nitrogens with one attached hydrogen (secondary N) is 2. The highest BCUT2D eigenvalue weighted by Crippen LogP contribution is 2.23. The zero-order chi connectivity index (χ0) is 21.8. The average molecular weight is 451 g/mol. The van der Waals surface area contributed by atoms with Gasteiger partial charge in [0.1, 0.15) is 18.2 Å². The summed E-state index contributed by atoms with van der Waals surface area (Å²) in [6, 6.07) is 17.1. The van der Waals surface area contributed by atoms with Crippen molar-refractivity contribution in [2.45, 2.75) is 16.4 Å². The Bertz CT molecular complexity index is 1240. The molecule has 7 nitrogen and oxygen atoms in total. The van der Waals surface area contributed by atoms with Gasteiger partial charge in [-0.3, -0.25) is 4.72 Å². The van der Waals surface area contributed by atoms with E-state index in [0.717, 1.165) is 11.6 Å². The predicted octanol–water partition coefficient (Wildman–Crippen LogP) is 3.11. The largest absolute Gasteiger partial charge is 0.489 e. The van der Waals surface area contributed by atoms with Gasteiger partial charge in [-0.05, 0) is 55.1 Å². The summed E-state index contributed by atoms with van der Waals surface area (Å²) >= 11 is 0. The molecule has 0 amide bonds. The first-order valence-electron chi connectivity index (χ1n) is 8.73. The Labute approximate surface area is 174 Å². The van der Waals surface area contributed by atoms with Gasteiger partial charge in [-0.2, -0.15) is 0 Å². The van der Waals surface area contributed by atoms with Gasteiger partial charge in [0.2, 0.25) is 10.0 Å². The maximum Gasteiger partial charge on any atom is 0.261 e. The van der Waals surface area contributed by atoms with Crippen LogP contribution in [0.2, 0.25) is 0 Å². The van der Waals surface area contributed by atoms with Crippen LogP contribution in [0.4, 0.5) is 10.1 Å². The molecule has 0 aliphatic rings. The molecule has 10 heteroatoms. The number of ether oxygens (including phenoxy) is 1. The van der Waals surface area contributed by atoms with Crippen molar-refractivity contribution in [1.29, 1.82) is 0 Å². The van der Waals surface area contributed by atoms with E-state index in [1.54, 1.807) is 24.3 Å². The number of hydrogen-bond donors (Lipinski definition) is 2. The van der Waals surface area contributed by atoms with Crippen LogP contribution in [-0.2, 0) is 26.7 Å². The number of benzene rings is 3. The van der Waals surface area contributed by atoms with Gasteiger partial charge in [0.25, 0.3) is 10.0 Å². The van der Waals surface area contributed by atoms with Crippen molar-refractivity contribution in [2.75, 3.05) is 11.8 Å². The second-order valence-electron chi connectivity index (χ2n) is 6.23. The molecular formula is C20H19FN2O5S2. The summed E-state index contributed by atoms with van der Waals surface area (Å²) in [4.78, 5) is -0.360. The molecule has 0 atom stereocenters. The van der Waals surface area contributed by atoms with Crippen LogP contribution in [0.25, 0.3) is 0 Å². The van der Waals surface area contributed by atoms with Gasteiger partial charge in [0.15, 0.2) is 0 Å². The molecule has 3 aromatic rings. The molecule has 158 valence electrons. The van der Waals surface area contributed by atoms with Gasteiger partial charge >= 0.3 is 0 Å². The van der Waals surface area contributed by atoms with E-state index in [1.165, 1.54) is 49.5 Å². The van der Waals surface area contributed by atoms with Crippen molar-refractivity contribution in [3.63, 3.8) is 0 Å². The van der Waals surface area contributed by atoms with Crippen LogP contribution in [0.1, 0.15) is 5.56 Å². The van der Waals surface area contributed by atoms with Crippen LogP contribution in [0.3, 0.4) is 0 Å². The van der Waals surface area contributed by atoms with E-state index in [2.05, 4.69) is 9.44 Å². The highest BCUT2D eigenvalue weighted by molar-refractivity contribution is 7.93. The quantitative estimate of drug-likeness (QED) is 0.549. The summed E-state index contributed by atoms with van der Waals surface area (Å²) in [5.74, 6) is 0.0628. The molecule has 0 saturated heterocycles. The van der Waals surface area contributed by atoms with Crippen molar-refractivity contribution in [1.82, 2.24) is 4.72 Å². The Kier molecular flexibility index (Phi) is 6.40. The standard InChI is InChI=1S/C20H19FN2O5S2/c1-22-29(24,25)19-6-3-7-20(13-19)30(26,27)23-17-4-2-5-18(12-17)28-14-15-8-10-16(21)11-9-15/h2-13,22-23H,14H2,1H3. The molecule has 2 N–H and O–H groups in total. The SMILES string of the molecule is CNS(=O)(=O)c1cccc(S(=O)(=O)Nc2cccc(OCc3ccc(F)cc3)c2)c1. The number of halogens is 1. The minimum atomic E-state index is -4.03. The molecule has 0 aromatic heterocycles. The van der Waals surface area contributed by atoms with E-state index < -0.39 is 20.0 Å². The predicted molar refractivity (Wildman–Crippen MR) is 111 cm³/mol. The van der Waals surface area contributed by atoms with Crippen molar-refractivity contribution < 1.29 is 26.0 Å². The van der Waals surface area contributed by atoms with E-state index in [4.69, 9.17) is 4.74 Å². The Morgan fingerprint density at radius 3 is 2.13 bits per heavy atom. The van der Waals surface area contributed by atoms with Gasteiger partial charge in [-0.25, -0.2) is 25.9 Å². The number of anilines is 1. The lowest BCUT2D eigenvalue weighted by Crippen LogP contribution is -2.19. The van der Waals surface area contributed by atoms with Crippen molar-refractivity contribution in [3.05, 3.63) is 84.2 Å². The Balaban J connectivity index is 1.76. The molecule has 0 heterocycles. The summed E-state index contributed by atoms with van der Waals surface area (Å²) in [7, 11) is -6.57. The van der Waals surface area contributed by atoms with Crippen LogP contribution in [0.15, 0.2) is 82.6 Å². The van der Waals surface area contributed by atoms with Crippen LogP contribution < -0.4 is 14.2 Å². The first-order valence-corrected chi connectivity index (χ1v) is 11.7.